The summed E-state index contributed by atoms with van der Waals surface area (Å²) in [5, 5.41) is 11.4. The third kappa shape index (κ3) is 5.84. The number of unbranched alkanes of at least 4 members (excludes halogenated alkanes) is 2. The zero-order valence-electron chi connectivity index (χ0n) is 17.7. The zero-order chi connectivity index (χ0) is 22.2. The number of hydrogen-bond acceptors (Lipinski definition) is 4. The van der Waals surface area contributed by atoms with Gasteiger partial charge in [0.1, 0.15) is 13.2 Å². The molecule has 0 saturated carbocycles. The Labute approximate surface area is 182 Å². The van der Waals surface area contributed by atoms with Crippen LogP contribution in [-0.4, -0.2) is 54.7 Å². The molecule has 1 aliphatic rings. The minimum Gasteiger partial charge on any atom is -0.480 e. The molecule has 31 heavy (non-hydrogen) atoms. The largest absolute Gasteiger partial charge is 0.480 e. The van der Waals surface area contributed by atoms with E-state index >= 15 is 0 Å². The van der Waals surface area contributed by atoms with Gasteiger partial charge in [-0.1, -0.05) is 55.0 Å². The highest BCUT2D eigenvalue weighted by Crippen LogP contribution is 2.44. The third-order valence-electron chi connectivity index (χ3n) is 5.48. The van der Waals surface area contributed by atoms with E-state index in [1.165, 1.54) is 34.2 Å². The van der Waals surface area contributed by atoms with Gasteiger partial charge in [0.2, 0.25) is 5.91 Å². The zero-order valence-corrected chi connectivity index (χ0v) is 17.7. The number of nitrogens with zero attached hydrogens (tertiary/aromatic N) is 1. The number of aliphatic carboxylic acids is 1. The Bertz CT molecular complexity index is 898. The maximum atomic E-state index is 12.1. The van der Waals surface area contributed by atoms with Gasteiger partial charge in [0.15, 0.2) is 0 Å². The van der Waals surface area contributed by atoms with Gasteiger partial charge in [-0.3, -0.25) is 9.59 Å². The van der Waals surface area contributed by atoms with Crippen LogP contribution in [0, 0.1) is 0 Å². The average molecular weight is 424 g/mol. The number of likely N-dealkylation sites (N-methyl/N-ethyl adjacent to an activating group) is 1. The van der Waals surface area contributed by atoms with Crippen molar-refractivity contribution in [1.29, 1.82) is 0 Å². The number of nitrogens with one attached hydrogen (secondary N) is 1. The highest BCUT2D eigenvalue weighted by Gasteiger charge is 2.28. The van der Waals surface area contributed by atoms with E-state index in [0.29, 0.717) is 19.4 Å². The van der Waals surface area contributed by atoms with Crippen molar-refractivity contribution >= 4 is 18.0 Å². The minimum atomic E-state index is -1.02. The van der Waals surface area contributed by atoms with Crippen LogP contribution in [0.15, 0.2) is 48.5 Å². The Morgan fingerprint density at radius 3 is 2.19 bits per heavy atom. The topological polar surface area (TPSA) is 95.9 Å². The van der Waals surface area contributed by atoms with Gasteiger partial charge >= 0.3 is 12.1 Å². The molecule has 0 heterocycles. The van der Waals surface area contributed by atoms with Crippen LogP contribution in [0.5, 0.6) is 0 Å². The summed E-state index contributed by atoms with van der Waals surface area (Å²) >= 11 is 0. The SMILES string of the molecule is CN(CC(=O)O)C(=O)CCCCCNC(=O)OCC1c2ccccc2-c2ccccc21. The molecule has 0 aliphatic heterocycles. The highest BCUT2D eigenvalue weighted by atomic mass is 16.5. The number of hydrogen-bond donors (Lipinski definition) is 2. The minimum absolute atomic E-state index is 0.0342. The molecule has 1 aliphatic carbocycles. The third-order valence-corrected chi connectivity index (χ3v) is 5.48. The normalized spacial score (nSPS) is 12.0. The molecule has 2 aromatic carbocycles. The van der Waals surface area contributed by atoms with E-state index in [1.54, 1.807) is 0 Å². The second-order valence-electron chi connectivity index (χ2n) is 7.71. The number of benzene rings is 2. The summed E-state index contributed by atoms with van der Waals surface area (Å²) < 4.78 is 5.49. The number of carboxylic acids is 1. The smallest absolute Gasteiger partial charge is 0.407 e. The number of rotatable bonds is 10. The summed E-state index contributed by atoms with van der Waals surface area (Å²) in [4.78, 5) is 35.7. The molecule has 2 aromatic rings. The molecule has 0 spiro atoms. The maximum Gasteiger partial charge on any atom is 0.407 e. The van der Waals surface area contributed by atoms with Crippen molar-refractivity contribution in [3.63, 3.8) is 0 Å². The van der Waals surface area contributed by atoms with E-state index in [-0.39, 0.29) is 25.0 Å². The fourth-order valence-corrected chi connectivity index (χ4v) is 3.90. The van der Waals surface area contributed by atoms with Crippen molar-refractivity contribution in [3.05, 3.63) is 59.7 Å². The van der Waals surface area contributed by atoms with Crippen molar-refractivity contribution in [2.75, 3.05) is 26.7 Å². The van der Waals surface area contributed by atoms with Crippen LogP contribution in [0.1, 0.15) is 42.7 Å². The van der Waals surface area contributed by atoms with Crippen molar-refractivity contribution in [2.24, 2.45) is 0 Å². The van der Waals surface area contributed by atoms with E-state index in [9.17, 15) is 14.4 Å². The van der Waals surface area contributed by atoms with Crippen LogP contribution in [0.2, 0.25) is 0 Å². The monoisotopic (exact) mass is 424 g/mol. The summed E-state index contributed by atoms with van der Waals surface area (Å²) in [6.45, 7) is 0.461. The number of amides is 2. The fraction of sp³-hybridized carbons (Fsp3) is 0.375. The first kappa shape index (κ1) is 22.3. The van der Waals surface area contributed by atoms with Crippen molar-refractivity contribution in [1.82, 2.24) is 10.2 Å². The Morgan fingerprint density at radius 1 is 0.968 bits per heavy atom. The van der Waals surface area contributed by atoms with Gasteiger partial charge in [-0.05, 0) is 35.1 Å². The van der Waals surface area contributed by atoms with Gasteiger partial charge in [-0.25, -0.2) is 4.79 Å². The second-order valence-corrected chi connectivity index (χ2v) is 7.71. The molecular weight excluding hydrogens is 396 g/mol. The molecule has 0 aromatic heterocycles. The molecule has 0 atom stereocenters. The molecule has 3 rings (SSSR count). The molecule has 164 valence electrons. The van der Waals surface area contributed by atoms with E-state index in [0.717, 1.165) is 12.8 Å². The molecule has 2 N–H and O–H groups in total. The van der Waals surface area contributed by atoms with Crippen LogP contribution < -0.4 is 5.32 Å². The lowest BCUT2D eigenvalue weighted by molar-refractivity contribution is -0.143. The van der Waals surface area contributed by atoms with Crippen LogP contribution in [-0.2, 0) is 14.3 Å². The lowest BCUT2D eigenvalue weighted by Crippen LogP contribution is -2.31. The standard InChI is InChI=1S/C24H28N2O5/c1-26(15-23(28)29)22(27)13-3-2-8-14-25-24(30)31-16-21-19-11-6-4-9-17(19)18-10-5-7-12-20(18)21/h4-7,9-12,21H,2-3,8,13-16H2,1H3,(H,25,30)(H,28,29). The first-order valence-corrected chi connectivity index (χ1v) is 10.5. The summed E-state index contributed by atoms with van der Waals surface area (Å²) in [5.41, 5.74) is 4.73. The van der Waals surface area contributed by atoms with E-state index in [2.05, 4.69) is 29.6 Å². The van der Waals surface area contributed by atoms with E-state index in [1.807, 2.05) is 24.3 Å². The first-order valence-electron chi connectivity index (χ1n) is 10.5. The fourth-order valence-electron chi connectivity index (χ4n) is 3.90. The van der Waals surface area contributed by atoms with E-state index in [4.69, 9.17) is 9.84 Å². The predicted octanol–water partition coefficient (Wildman–Crippen LogP) is 3.63. The number of alkyl carbamates (subject to hydrolysis) is 1. The lowest BCUT2D eigenvalue weighted by Gasteiger charge is -2.15. The molecule has 0 fully saturated rings. The molecule has 0 radical (unpaired) electrons. The van der Waals surface area contributed by atoms with Crippen LogP contribution in [0.4, 0.5) is 4.79 Å². The number of carboxylic acid groups (broad SMARTS) is 1. The predicted molar refractivity (Wildman–Crippen MR) is 117 cm³/mol. The average Bonchev–Trinajstić information content (AvgIpc) is 3.08. The van der Waals surface area contributed by atoms with Gasteiger partial charge in [0, 0.05) is 25.9 Å². The summed E-state index contributed by atoms with van der Waals surface area (Å²) in [6, 6.07) is 16.4. The van der Waals surface area contributed by atoms with Crippen molar-refractivity contribution in [3.8, 4) is 11.1 Å². The number of ether oxygens (including phenoxy) is 1. The molecule has 7 heteroatoms. The molecule has 0 unspecified atom stereocenters. The van der Waals surface area contributed by atoms with Gasteiger partial charge in [-0.2, -0.15) is 0 Å². The van der Waals surface area contributed by atoms with Crippen LogP contribution in [0.25, 0.3) is 11.1 Å². The van der Waals surface area contributed by atoms with Gasteiger partial charge < -0.3 is 20.1 Å². The lowest BCUT2D eigenvalue weighted by atomic mass is 9.98. The van der Waals surface area contributed by atoms with Gasteiger partial charge in [0.05, 0.1) is 0 Å². The summed E-state index contributed by atoms with van der Waals surface area (Å²) in [7, 11) is 1.48. The van der Waals surface area contributed by atoms with Crippen molar-refractivity contribution < 1.29 is 24.2 Å². The molecule has 0 saturated heterocycles. The molecular formula is C24H28N2O5. The molecule has 7 nitrogen and oxygen atoms in total. The molecule has 0 bridgehead atoms. The van der Waals surface area contributed by atoms with Gasteiger partial charge in [0.25, 0.3) is 0 Å². The highest BCUT2D eigenvalue weighted by molar-refractivity contribution is 5.81. The Kier molecular flexibility index (Phi) is 7.65. The number of fused-ring (bicyclic) bond motifs is 3. The number of carbonyl (C=O) groups is 3. The Hall–Kier alpha value is -3.35. The molecule has 2 amide bonds. The van der Waals surface area contributed by atoms with Crippen LogP contribution in [0.3, 0.4) is 0 Å². The van der Waals surface area contributed by atoms with E-state index < -0.39 is 12.1 Å². The Morgan fingerprint density at radius 2 is 1.58 bits per heavy atom. The summed E-state index contributed by atoms with van der Waals surface area (Å²) in [6.07, 6.45) is 1.99. The second kappa shape index (κ2) is 10.6. The van der Waals surface area contributed by atoms with Crippen molar-refractivity contribution in [2.45, 2.75) is 31.6 Å². The first-order chi connectivity index (χ1) is 15.0. The Balaban J connectivity index is 1.36. The number of carbonyl (C=O) groups excluding carboxylic acids is 2. The van der Waals surface area contributed by atoms with Gasteiger partial charge in [-0.15, -0.1) is 0 Å². The maximum absolute atomic E-state index is 12.1. The summed E-state index contributed by atoms with van der Waals surface area (Å²) in [5.74, 6) is -1.18. The quantitative estimate of drug-likeness (QED) is 0.568. The van der Waals surface area contributed by atoms with Crippen LogP contribution >= 0.6 is 0 Å².